The van der Waals surface area contributed by atoms with Crippen LogP contribution >= 0.6 is 0 Å². The van der Waals surface area contributed by atoms with Gasteiger partial charge in [0.25, 0.3) is 10.2 Å². The Labute approximate surface area is 113 Å². The molecule has 11 nitrogen and oxygen atoms in total. The molecule has 0 rings (SSSR count). The summed E-state index contributed by atoms with van der Waals surface area (Å²) in [5, 5.41) is 18.3. The second-order valence-electron chi connectivity index (χ2n) is 3.58. The van der Waals surface area contributed by atoms with Crippen molar-refractivity contribution < 1.29 is 34.1 Å². The molecule has 116 valence electrons. The lowest BCUT2D eigenvalue weighted by atomic mass is 10.1. The standard InChI is InChI=1S/C9H16N2O9/c1-3-17-9(12)18-6-4-5-8(20-11(15)16)7(2)19-10(13)14/h7-8H,3-6H2,1-2H3/t7-,8-/m1/s1. The molecule has 0 fully saturated rings. The van der Waals surface area contributed by atoms with Gasteiger partial charge in [-0.05, 0) is 26.7 Å². The summed E-state index contributed by atoms with van der Waals surface area (Å²) in [6, 6.07) is 0. The molecule has 0 aromatic rings. The summed E-state index contributed by atoms with van der Waals surface area (Å²) in [5.74, 6) is 0. The molecule has 20 heavy (non-hydrogen) atoms. The van der Waals surface area contributed by atoms with Crippen LogP contribution in [0.25, 0.3) is 0 Å². The van der Waals surface area contributed by atoms with E-state index in [1.54, 1.807) is 6.92 Å². The van der Waals surface area contributed by atoms with Crippen LogP contribution in [-0.2, 0) is 19.1 Å². The number of hydrogen-bond donors (Lipinski definition) is 0. The second-order valence-corrected chi connectivity index (χ2v) is 3.58. The Bertz CT molecular complexity index is 335. The van der Waals surface area contributed by atoms with E-state index in [1.807, 2.05) is 0 Å². The number of hydrogen-bond acceptors (Lipinski definition) is 9. The van der Waals surface area contributed by atoms with Gasteiger partial charge in [0, 0.05) is 0 Å². The lowest BCUT2D eigenvalue weighted by Gasteiger charge is -2.19. The number of nitrogens with zero attached hydrogens (tertiary/aromatic N) is 2. The normalized spacial score (nSPS) is 12.9. The zero-order chi connectivity index (χ0) is 15.5. The van der Waals surface area contributed by atoms with Crippen molar-refractivity contribution in [3.63, 3.8) is 0 Å². The average molecular weight is 296 g/mol. The van der Waals surface area contributed by atoms with Gasteiger partial charge in [0.2, 0.25) is 0 Å². The average Bonchev–Trinajstić information content (AvgIpc) is 2.32. The Morgan fingerprint density at radius 1 is 1.15 bits per heavy atom. The fourth-order valence-electron chi connectivity index (χ4n) is 1.29. The summed E-state index contributed by atoms with van der Waals surface area (Å²) in [6.45, 7) is 2.99. The van der Waals surface area contributed by atoms with Crippen molar-refractivity contribution in [3.8, 4) is 0 Å². The van der Waals surface area contributed by atoms with E-state index in [4.69, 9.17) is 0 Å². The second kappa shape index (κ2) is 9.58. The fraction of sp³-hybridized carbons (Fsp3) is 0.889. The quantitative estimate of drug-likeness (QED) is 0.251. The molecule has 0 heterocycles. The lowest BCUT2D eigenvalue weighted by Crippen LogP contribution is -2.33. The molecule has 0 unspecified atom stereocenters. The molecule has 0 aliphatic carbocycles. The molecule has 0 N–H and O–H groups in total. The van der Waals surface area contributed by atoms with E-state index in [0.717, 1.165) is 0 Å². The number of ether oxygens (including phenoxy) is 2. The Kier molecular flexibility index (Phi) is 8.46. The van der Waals surface area contributed by atoms with Gasteiger partial charge in [-0.2, -0.15) is 0 Å². The maximum absolute atomic E-state index is 10.8. The fourth-order valence-corrected chi connectivity index (χ4v) is 1.29. The van der Waals surface area contributed by atoms with Gasteiger partial charge in [-0.1, -0.05) is 0 Å². The van der Waals surface area contributed by atoms with Gasteiger partial charge in [-0.3, -0.25) is 0 Å². The minimum Gasteiger partial charge on any atom is -0.435 e. The van der Waals surface area contributed by atoms with Gasteiger partial charge >= 0.3 is 6.16 Å². The third-order valence-electron chi connectivity index (χ3n) is 2.11. The number of carbonyl (C=O) groups is 1. The summed E-state index contributed by atoms with van der Waals surface area (Å²) < 4.78 is 9.14. The molecule has 0 radical (unpaired) electrons. The highest BCUT2D eigenvalue weighted by Crippen LogP contribution is 2.11. The van der Waals surface area contributed by atoms with Gasteiger partial charge in [0.15, 0.2) is 0 Å². The summed E-state index contributed by atoms with van der Waals surface area (Å²) in [4.78, 5) is 39.8. The molecular weight excluding hydrogens is 280 g/mol. The van der Waals surface area contributed by atoms with E-state index in [1.165, 1.54) is 6.92 Å². The molecule has 0 spiro atoms. The highest BCUT2D eigenvalue weighted by molar-refractivity contribution is 5.59. The maximum atomic E-state index is 10.8. The van der Waals surface area contributed by atoms with E-state index in [2.05, 4.69) is 19.1 Å². The van der Waals surface area contributed by atoms with Crippen molar-refractivity contribution in [1.29, 1.82) is 0 Å². The molecule has 11 heteroatoms. The third-order valence-corrected chi connectivity index (χ3v) is 2.11. The Balaban J connectivity index is 4.13. The van der Waals surface area contributed by atoms with Crippen LogP contribution in [0.1, 0.15) is 26.7 Å². The van der Waals surface area contributed by atoms with Crippen molar-refractivity contribution >= 4 is 6.16 Å². The molecule has 0 aliphatic rings. The first kappa shape index (κ1) is 17.7. The van der Waals surface area contributed by atoms with E-state index in [9.17, 15) is 25.0 Å². The number of carbonyl (C=O) groups excluding carboxylic acids is 1. The monoisotopic (exact) mass is 296 g/mol. The van der Waals surface area contributed by atoms with Crippen LogP contribution in [0.5, 0.6) is 0 Å². The predicted molar refractivity (Wildman–Crippen MR) is 61.6 cm³/mol. The zero-order valence-electron chi connectivity index (χ0n) is 11.1. The summed E-state index contributed by atoms with van der Waals surface area (Å²) >= 11 is 0. The van der Waals surface area contributed by atoms with Crippen LogP contribution in [-0.4, -0.2) is 41.8 Å². The molecule has 0 aromatic carbocycles. The molecule has 0 amide bonds. The van der Waals surface area contributed by atoms with Gasteiger partial charge in [-0.15, -0.1) is 20.2 Å². The first-order valence-electron chi connectivity index (χ1n) is 5.78. The van der Waals surface area contributed by atoms with Crippen molar-refractivity contribution in [2.24, 2.45) is 0 Å². The third kappa shape index (κ3) is 8.72. The van der Waals surface area contributed by atoms with E-state index >= 15 is 0 Å². The van der Waals surface area contributed by atoms with E-state index in [0.29, 0.717) is 0 Å². The maximum Gasteiger partial charge on any atom is 0.508 e. The van der Waals surface area contributed by atoms with Gasteiger partial charge in [0.05, 0.1) is 13.2 Å². The molecule has 0 saturated carbocycles. The zero-order valence-corrected chi connectivity index (χ0v) is 11.1. The molecular formula is C9H16N2O9. The Hall–Kier alpha value is -2.33. The van der Waals surface area contributed by atoms with E-state index in [-0.39, 0.29) is 26.1 Å². The summed E-state index contributed by atoms with van der Waals surface area (Å²) in [5.41, 5.74) is 0. The SMILES string of the molecule is CCOC(=O)OCCC[C@@H](O[N+](=O)[O-])[C@@H](C)O[N+](=O)[O-]. The minimum absolute atomic E-state index is 0.0371. The number of rotatable bonds is 10. The minimum atomic E-state index is -1.14. The largest absolute Gasteiger partial charge is 0.508 e. The van der Waals surface area contributed by atoms with Crippen LogP contribution in [0.2, 0.25) is 0 Å². The molecule has 2 atom stereocenters. The summed E-state index contributed by atoms with van der Waals surface area (Å²) in [7, 11) is 0. The molecule has 0 bridgehead atoms. The van der Waals surface area contributed by atoms with Gasteiger partial charge in [-0.25, -0.2) is 4.79 Å². The highest BCUT2D eigenvalue weighted by Gasteiger charge is 2.24. The van der Waals surface area contributed by atoms with Gasteiger partial charge in [0.1, 0.15) is 12.2 Å². The molecule has 0 aromatic heterocycles. The molecule has 0 aliphatic heterocycles. The first-order valence-corrected chi connectivity index (χ1v) is 5.78. The van der Waals surface area contributed by atoms with Crippen molar-refractivity contribution in [3.05, 3.63) is 20.2 Å². The van der Waals surface area contributed by atoms with Crippen molar-refractivity contribution in [1.82, 2.24) is 0 Å². The van der Waals surface area contributed by atoms with Crippen LogP contribution in [0.3, 0.4) is 0 Å². The van der Waals surface area contributed by atoms with Crippen molar-refractivity contribution in [2.75, 3.05) is 13.2 Å². The van der Waals surface area contributed by atoms with Crippen LogP contribution in [0, 0.1) is 20.2 Å². The smallest absolute Gasteiger partial charge is 0.435 e. The predicted octanol–water partition coefficient (Wildman–Crippen LogP) is 1.11. The van der Waals surface area contributed by atoms with E-state index < -0.39 is 28.5 Å². The first-order chi connectivity index (χ1) is 9.36. The topological polar surface area (TPSA) is 140 Å². The Morgan fingerprint density at radius 3 is 2.25 bits per heavy atom. The Morgan fingerprint density at radius 2 is 1.75 bits per heavy atom. The lowest BCUT2D eigenvalue weighted by molar-refractivity contribution is -0.798. The van der Waals surface area contributed by atoms with Crippen LogP contribution in [0.15, 0.2) is 0 Å². The van der Waals surface area contributed by atoms with Crippen LogP contribution in [0.4, 0.5) is 4.79 Å². The van der Waals surface area contributed by atoms with Crippen molar-refractivity contribution in [2.45, 2.75) is 38.9 Å². The molecule has 0 saturated heterocycles. The van der Waals surface area contributed by atoms with Crippen LogP contribution < -0.4 is 0 Å². The highest BCUT2D eigenvalue weighted by atomic mass is 17.0. The van der Waals surface area contributed by atoms with Gasteiger partial charge < -0.3 is 19.1 Å². The summed E-state index contributed by atoms with van der Waals surface area (Å²) in [6.07, 6.45) is -2.88.